The molecule has 0 aliphatic rings. The van der Waals surface area contributed by atoms with Crippen molar-refractivity contribution in [3.05, 3.63) is 0 Å². The Balaban J connectivity index is 0. The zero-order valence-corrected chi connectivity index (χ0v) is 6.72. The molecule has 3 N–H and O–H groups in total. The Labute approximate surface area is 58.1 Å². The van der Waals surface area contributed by atoms with Gasteiger partial charge in [0, 0.05) is 6.61 Å². The van der Waals surface area contributed by atoms with Crippen LogP contribution in [0.15, 0.2) is 0 Å². The monoisotopic (exact) mass is 133 g/mol. The van der Waals surface area contributed by atoms with Gasteiger partial charge in [0.2, 0.25) is 0 Å². The molecule has 1 unspecified atom stereocenters. The van der Waals surface area contributed by atoms with E-state index in [-0.39, 0.29) is 6.61 Å². The molecule has 0 aliphatic carbocycles. The molecule has 0 rings (SSSR count). The molecule has 0 amide bonds. The Morgan fingerprint density at radius 1 is 1.44 bits per heavy atom. The first-order valence-electron chi connectivity index (χ1n) is 3.62. The Morgan fingerprint density at radius 2 is 1.89 bits per heavy atom. The van der Waals surface area contributed by atoms with Crippen LogP contribution in [0.1, 0.15) is 27.2 Å². The molecule has 0 radical (unpaired) electrons. The molecule has 0 aromatic heterocycles. The highest BCUT2D eigenvalue weighted by molar-refractivity contribution is 4.48. The van der Waals surface area contributed by atoms with Crippen LogP contribution in [0.25, 0.3) is 0 Å². The third-order valence-corrected chi connectivity index (χ3v) is 0.971. The summed E-state index contributed by atoms with van der Waals surface area (Å²) in [5.74, 6) is 0.380. The molecule has 0 aliphatic heterocycles. The van der Waals surface area contributed by atoms with Crippen molar-refractivity contribution < 1.29 is 5.11 Å². The normalized spacial score (nSPS) is 11.7. The molecule has 0 saturated carbocycles. The highest BCUT2D eigenvalue weighted by Crippen LogP contribution is 1.95. The number of hydrogen-bond donors (Lipinski definition) is 2. The molecule has 0 spiro atoms. The van der Waals surface area contributed by atoms with E-state index in [4.69, 9.17) is 10.8 Å². The van der Waals surface area contributed by atoms with Crippen molar-refractivity contribution in [1.82, 2.24) is 0 Å². The van der Waals surface area contributed by atoms with Gasteiger partial charge in [0.1, 0.15) is 0 Å². The van der Waals surface area contributed by atoms with Gasteiger partial charge in [-0.15, -0.1) is 0 Å². The van der Waals surface area contributed by atoms with Crippen molar-refractivity contribution >= 4 is 0 Å². The lowest BCUT2D eigenvalue weighted by Crippen LogP contribution is -2.08. The number of hydrogen-bond acceptors (Lipinski definition) is 2. The highest BCUT2D eigenvalue weighted by Gasteiger charge is 1.94. The van der Waals surface area contributed by atoms with Gasteiger partial charge in [0.05, 0.1) is 0 Å². The lowest BCUT2D eigenvalue weighted by molar-refractivity contribution is 0.232. The van der Waals surface area contributed by atoms with E-state index >= 15 is 0 Å². The molecular weight excluding hydrogens is 114 g/mol. The van der Waals surface area contributed by atoms with E-state index in [0.29, 0.717) is 12.5 Å². The molecule has 9 heavy (non-hydrogen) atoms. The second kappa shape index (κ2) is 10.8. The summed E-state index contributed by atoms with van der Waals surface area (Å²) in [6.45, 7) is 6.92. The van der Waals surface area contributed by atoms with E-state index in [9.17, 15) is 0 Å². The first kappa shape index (κ1) is 11.7. The van der Waals surface area contributed by atoms with Crippen LogP contribution >= 0.6 is 0 Å². The average Bonchev–Trinajstić information content (AvgIpc) is 1.93. The summed E-state index contributed by atoms with van der Waals surface area (Å²) in [4.78, 5) is 0. The van der Waals surface area contributed by atoms with Crippen molar-refractivity contribution in [2.24, 2.45) is 11.7 Å². The van der Waals surface area contributed by atoms with E-state index in [2.05, 4.69) is 0 Å². The van der Waals surface area contributed by atoms with Crippen LogP contribution in [0.3, 0.4) is 0 Å². The maximum Gasteiger partial charge on any atom is 0.0457 e. The number of aliphatic hydroxyl groups excluding tert-OH is 1. The van der Waals surface area contributed by atoms with Gasteiger partial charge < -0.3 is 10.8 Å². The van der Waals surface area contributed by atoms with Crippen LogP contribution in [0.4, 0.5) is 0 Å². The molecule has 0 saturated heterocycles. The molecule has 0 heterocycles. The Kier molecular flexibility index (Phi) is 14.0. The van der Waals surface area contributed by atoms with E-state index in [0.717, 1.165) is 6.42 Å². The zero-order chi connectivity index (χ0) is 7.70. The van der Waals surface area contributed by atoms with Gasteiger partial charge in [0.15, 0.2) is 0 Å². The van der Waals surface area contributed by atoms with E-state index < -0.39 is 0 Å². The van der Waals surface area contributed by atoms with Gasteiger partial charge in [-0.05, 0) is 18.9 Å². The molecule has 0 fully saturated rings. The topological polar surface area (TPSA) is 46.2 Å². The van der Waals surface area contributed by atoms with Crippen LogP contribution in [0, 0.1) is 5.92 Å². The molecule has 2 heteroatoms. The second-order valence-electron chi connectivity index (χ2n) is 1.87. The van der Waals surface area contributed by atoms with Crippen molar-refractivity contribution in [3.8, 4) is 0 Å². The average molecular weight is 133 g/mol. The molecule has 0 bridgehead atoms. The fourth-order valence-corrected chi connectivity index (χ4v) is 0.376. The SMILES string of the molecule is CC.CC(CO)CCN. The second-order valence-corrected chi connectivity index (χ2v) is 1.87. The molecule has 58 valence electrons. The summed E-state index contributed by atoms with van der Waals surface area (Å²) >= 11 is 0. The van der Waals surface area contributed by atoms with Gasteiger partial charge in [-0.3, -0.25) is 0 Å². The summed E-state index contributed by atoms with van der Waals surface area (Å²) in [6, 6.07) is 0. The molecule has 0 aromatic rings. The van der Waals surface area contributed by atoms with E-state index in [1.807, 2.05) is 20.8 Å². The van der Waals surface area contributed by atoms with Crippen LogP contribution in [0.2, 0.25) is 0 Å². The van der Waals surface area contributed by atoms with E-state index in [1.54, 1.807) is 0 Å². The largest absolute Gasteiger partial charge is 0.396 e. The summed E-state index contributed by atoms with van der Waals surface area (Å²) in [6.07, 6.45) is 0.927. The third kappa shape index (κ3) is 11.5. The smallest absolute Gasteiger partial charge is 0.0457 e. The van der Waals surface area contributed by atoms with Gasteiger partial charge in [-0.1, -0.05) is 20.8 Å². The van der Waals surface area contributed by atoms with Gasteiger partial charge in [0.25, 0.3) is 0 Å². The maximum atomic E-state index is 8.41. The minimum absolute atomic E-state index is 0.261. The molecular formula is C7H19NO. The number of rotatable bonds is 3. The molecule has 2 nitrogen and oxygen atoms in total. The molecule has 1 atom stereocenters. The highest BCUT2D eigenvalue weighted by atomic mass is 16.3. The van der Waals surface area contributed by atoms with Crippen molar-refractivity contribution in [1.29, 1.82) is 0 Å². The number of nitrogens with two attached hydrogens (primary N) is 1. The predicted molar refractivity (Wildman–Crippen MR) is 41.3 cm³/mol. The minimum Gasteiger partial charge on any atom is -0.396 e. The van der Waals surface area contributed by atoms with Crippen molar-refractivity contribution in [3.63, 3.8) is 0 Å². The van der Waals surface area contributed by atoms with Gasteiger partial charge in [-0.25, -0.2) is 0 Å². The fraction of sp³-hybridized carbons (Fsp3) is 1.00. The van der Waals surface area contributed by atoms with Crippen molar-refractivity contribution in [2.45, 2.75) is 27.2 Å². The molecule has 0 aromatic carbocycles. The van der Waals surface area contributed by atoms with Crippen LogP contribution in [-0.2, 0) is 0 Å². The van der Waals surface area contributed by atoms with Gasteiger partial charge in [-0.2, -0.15) is 0 Å². The summed E-state index contributed by atoms with van der Waals surface area (Å²) in [5.41, 5.74) is 5.19. The van der Waals surface area contributed by atoms with Crippen LogP contribution in [-0.4, -0.2) is 18.3 Å². The quantitative estimate of drug-likeness (QED) is 0.603. The maximum absolute atomic E-state index is 8.41. The fourth-order valence-electron chi connectivity index (χ4n) is 0.376. The van der Waals surface area contributed by atoms with E-state index in [1.165, 1.54) is 0 Å². The Hall–Kier alpha value is -0.0800. The summed E-state index contributed by atoms with van der Waals surface area (Å²) in [7, 11) is 0. The lowest BCUT2D eigenvalue weighted by atomic mass is 10.1. The predicted octanol–water partition coefficient (Wildman–Crippen LogP) is 0.990. The van der Waals surface area contributed by atoms with Crippen LogP contribution < -0.4 is 5.73 Å². The summed E-state index contributed by atoms with van der Waals surface area (Å²) < 4.78 is 0. The van der Waals surface area contributed by atoms with Crippen molar-refractivity contribution in [2.75, 3.05) is 13.2 Å². The number of aliphatic hydroxyl groups is 1. The minimum atomic E-state index is 0.261. The van der Waals surface area contributed by atoms with Crippen LogP contribution in [0.5, 0.6) is 0 Å². The third-order valence-electron chi connectivity index (χ3n) is 0.971. The zero-order valence-electron chi connectivity index (χ0n) is 6.72. The lowest BCUT2D eigenvalue weighted by Gasteiger charge is -2.01. The van der Waals surface area contributed by atoms with Gasteiger partial charge >= 0.3 is 0 Å². The first-order valence-corrected chi connectivity index (χ1v) is 3.62. The standard InChI is InChI=1S/C5H13NO.C2H6/c1-5(4-7)2-3-6;1-2/h5,7H,2-4,6H2,1H3;1-2H3. The Morgan fingerprint density at radius 3 is 2.00 bits per heavy atom. The summed E-state index contributed by atoms with van der Waals surface area (Å²) in [5, 5.41) is 8.41. The first-order chi connectivity index (χ1) is 4.31. The Bertz CT molecular complexity index is 39.9.